The van der Waals surface area contributed by atoms with E-state index >= 15 is 0 Å². The molecule has 1 unspecified atom stereocenters. The minimum atomic E-state index is -0.0930. The molecular formula is C15H19N3O. The molecule has 4 nitrogen and oxygen atoms in total. The lowest BCUT2D eigenvalue weighted by Crippen LogP contribution is -2.52. The van der Waals surface area contributed by atoms with E-state index in [-0.39, 0.29) is 11.8 Å². The molecule has 0 aliphatic carbocycles. The zero-order valence-corrected chi connectivity index (χ0v) is 11.4. The summed E-state index contributed by atoms with van der Waals surface area (Å²) >= 11 is 0. The number of Topliss-reactive ketones (excluding diaryl/α,β-unsaturated/α-hetero) is 1. The standard InChI is InChI=1S/C15H19N3O/c1-17-8-7-16-13(10-17)15(19)12-9-18(2)14-6-4-3-5-11(12)14/h3-6,9,13,16H,7-8,10H2,1-2H3. The number of fused-ring (bicyclic) bond motifs is 1. The Labute approximate surface area is 113 Å². The largest absolute Gasteiger partial charge is 0.350 e. The molecule has 0 saturated carbocycles. The molecular weight excluding hydrogens is 238 g/mol. The van der Waals surface area contributed by atoms with Crippen molar-refractivity contribution >= 4 is 16.7 Å². The van der Waals surface area contributed by atoms with Crippen LogP contribution in [0.5, 0.6) is 0 Å². The summed E-state index contributed by atoms with van der Waals surface area (Å²) in [7, 11) is 4.05. The first-order valence-corrected chi connectivity index (χ1v) is 6.67. The highest BCUT2D eigenvalue weighted by molar-refractivity contribution is 6.10. The second kappa shape index (κ2) is 4.79. The summed E-state index contributed by atoms with van der Waals surface area (Å²) in [5.41, 5.74) is 1.93. The number of carbonyl (C=O) groups excluding carboxylic acids is 1. The van der Waals surface area contributed by atoms with Crippen LogP contribution in [0.25, 0.3) is 10.9 Å². The first kappa shape index (κ1) is 12.4. The molecule has 2 heterocycles. The number of aryl methyl sites for hydroxylation is 1. The van der Waals surface area contributed by atoms with Gasteiger partial charge in [-0.25, -0.2) is 0 Å². The SMILES string of the molecule is CN1CCNC(C(=O)c2cn(C)c3ccccc23)C1. The number of piperazine rings is 1. The van der Waals surface area contributed by atoms with Crippen molar-refractivity contribution in [3.05, 3.63) is 36.0 Å². The summed E-state index contributed by atoms with van der Waals surface area (Å²) in [6, 6.07) is 7.97. The Balaban J connectivity index is 1.97. The Morgan fingerprint density at radius 1 is 1.32 bits per heavy atom. The van der Waals surface area contributed by atoms with E-state index < -0.39 is 0 Å². The van der Waals surface area contributed by atoms with Crippen molar-refractivity contribution in [3.8, 4) is 0 Å². The normalized spacial score (nSPS) is 20.8. The zero-order chi connectivity index (χ0) is 13.4. The number of ketones is 1. The van der Waals surface area contributed by atoms with Crippen LogP contribution in [0.1, 0.15) is 10.4 Å². The third-order valence-electron chi connectivity index (χ3n) is 3.86. The molecule has 0 radical (unpaired) electrons. The summed E-state index contributed by atoms with van der Waals surface area (Å²) in [6.07, 6.45) is 1.95. The van der Waals surface area contributed by atoms with Gasteiger partial charge >= 0.3 is 0 Å². The van der Waals surface area contributed by atoms with E-state index in [0.29, 0.717) is 0 Å². The molecule has 1 aliphatic heterocycles. The number of nitrogens with zero attached hydrogens (tertiary/aromatic N) is 2. The van der Waals surface area contributed by atoms with E-state index in [4.69, 9.17) is 0 Å². The Hall–Kier alpha value is -1.65. The van der Waals surface area contributed by atoms with Crippen molar-refractivity contribution in [1.82, 2.24) is 14.8 Å². The van der Waals surface area contributed by atoms with Gasteiger partial charge in [0.2, 0.25) is 0 Å². The van der Waals surface area contributed by atoms with Gasteiger partial charge in [-0.2, -0.15) is 0 Å². The van der Waals surface area contributed by atoms with Gasteiger partial charge in [0.25, 0.3) is 0 Å². The average Bonchev–Trinajstić information content (AvgIpc) is 2.76. The van der Waals surface area contributed by atoms with Gasteiger partial charge in [-0.3, -0.25) is 4.79 Å². The molecule has 0 bridgehead atoms. The van der Waals surface area contributed by atoms with Crippen LogP contribution in [0, 0.1) is 0 Å². The van der Waals surface area contributed by atoms with Crippen LogP contribution >= 0.6 is 0 Å². The molecule has 2 aromatic rings. The quantitative estimate of drug-likeness (QED) is 0.823. The highest BCUT2D eigenvalue weighted by Gasteiger charge is 2.26. The van der Waals surface area contributed by atoms with Crippen LogP contribution in [0.15, 0.2) is 30.5 Å². The van der Waals surface area contributed by atoms with Crippen LogP contribution in [0.3, 0.4) is 0 Å². The van der Waals surface area contributed by atoms with Crippen molar-refractivity contribution < 1.29 is 4.79 Å². The first-order chi connectivity index (χ1) is 9.16. The zero-order valence-electron chi connectivity index (χ0n) is 11.4. The Kier molecular flexibility index (Phi) is 3.12. The number of likely N-dealkylation sites (N-methyl/N-ethyl adjacent to an activating group) is 1. The highest BCUT2D eigenvalue weighted by atomic mass is 16.1. The van der Waals surface area contributed by atoms with Crippen molar-refractivity contribution in [2.45, 2.75) is 6.04 Å². The average molecular weight is 257 g/mol. The molecule has 1 aromatic heterocycles. The molecule has 19 heavy (non-hydrogen) atoms. The number of hydrogen-bond acceptors (Lipinski definition) is 3. The molecule has 1 aliphatic rings. The molecule has 1 atom stereocenters. The minimum absolute atomic E-state index is 0.0930. The number of rotatable bonds is 2. The number of para-hydroxylation sites is 1. The van der Waals surface area contributed by atoms with Gasteiger partial charge in [0.1, 0.15) is 0 Å². The van der Waals surface area contributed by atoms with Gasteiger partial charge in [-0.15, -0.1) is 0 Å². The van der Waals surface area contributed by atoms with Crippen molar-refractivity contribution in [2.24, 2.45) is 7.05 Å². The fourth-order valence-corrected chi connectivity index (χ4v) is 2.80. The molecule has 1 saturated heterocycles. The molecule has 1 fully saturated rings. The van der Waals surface area contributed by atoms with E-state index in [0.717, 1.165) is 36.1 Å². The van der Waals surface area contributed by atoms with Gasteiger partial charge < -0.3 is 14.8 Å². The summed E-state index contributed by atoms with van der Waals surface area (Å²) in [5.74, 6) is 0.198. The molecule has 0 spiro atoms. The fraction of sp³-hybridized carbons (Fsp3) is 0.400. The lowest BCUT2D eigenvalue weighted by molar-refractivity contribution is 0.0896. The summed E-state index contributed by atoms with van der Waals surface area (Å²) < 4.78 is 2.02. The number of carbonyl (C=O) groups is 1. The van der Waals surface area contributed by atoms with Crippen molar-refractivity contribution in [2.75, 3.05) is 26.7 Å². The summed E-state index contributed by atoms with van der Waals surface area (Å²) in [5, 5.41) is 4.37. The third-order valence-corrected chi connectivity index (χ3v) is 3.86. The van der Waals surface area contributed by atoms with E-state index in [1.807, 2.05) is 42.1 Å². The Morgan fingerprint density at radius 3 is 2.89 bits per heavy atom. The predicted octanol–water partition coefficient (Wildman–Crippen LogP) is 1.26. The number of benzene rings is 1. The van der Waals surface area contributed by atoms with Crippen LogP contribution in [-0.4, -0.2) is 48.0 Å². The summed E-state index contributed by atoms with van der Waals surface area (Å²) in [4.78, 5) is 14.9. The van der Waals surface area contributed by atoms with E-state index in [2.05, 4.69) is 17.3 Å². The Morgan fingerprint density at radius 2 is 2.11 bits per heavy atom. The number of aromatic nitrogens is 1. The first-order valence-electron chi connectivity index (χ1n) is 6.67. The molecule has 1 aromatic carbocycles. The minimum Gasteiger partial charge on any atom is -0.350 e. The van der Waals surface area contributed by atoms with Crippen LogP contribution in [0.2, 0.25) is 0 Å². The molecule has 1 N–H and O–H groups in total. The lowest BCUT2D eigenvalue weighted by atomic mass is 10.0. The van der Waals surface area contributed by atoms with Crippen molar-refractivity contribution in [1.29, 1.82) is 0 Å². The second-order valence-corrected chi connectivity index (χ2v) is 5.30. The van der Waals surface area contributed by atoms with Crippen LogP contribution < -0.4 is 5.32 Å². The fourth-order valence-electron chi connectivity index (χ4n) is 2.80. The maximum atomic E-state index is 12.7. The second-order valence-electron chi connectivity index (χ2n) is 5.30. The van der Waals surface area contributed by atoms with Gasteiger partial charge in [0, 0.05) is 49.3 Å². The van der Waals surface area contributed by atoms with Gasteiger partial charge in [-0.05, 0) is 13.1 Å². The molecule has 4 heteroatoms. The maximum Gasteiger partial charge on any atom is 0.183 e. The smallest absolute Gasteiger partial charge is 0.183 e. The Bertz CT molecular complexity index is 617. The van der Waals surface area contributed by atoms with Gasteiger partial charge in [0.05, 0.1) is 6.04 Å². The number of hydrogen-bond donors (Lipinski definition) is 1. The predicted molar refractivity (Wildman–Crippen MR) is 76.5 cm³/mol. The molecule has 0 amide bonds. The lowest BCUT2D eigenvalue weighted by Gasteiger charge is -2.29. The van der Waals surface area contributed by atoms with E-state index in [9.17, 15) is 4.79 Å². The molecule has 3 rings (SSSR count). The van der Waals surface area contributed by atoms with Crippen LogP contribution in [0.4, 0.5) is 0 Å². The van der Waals surface area contributed by atoms with Gasteiger partial charge in [0.15, 0.2) is 5.78 Å². The third kappa shape index (κ3) is 2.17. The highest BCUT2D eigenvalue weighted by Crippen LogP contribution is 2.22. The van der Waals surface area contributed by atoms with E-state index in [1.54, 1.807) is 0 Å². The molecule has 100 valence electrons. The monoisotopic (exact) mass is 257 g/mol. The van der Waals surface area contributed by atoms with Crippen LogP contribution in [-0.2, 0) is 7.05 Å². The number of nitrogens with one attached hydrogen (secondary N) is 1. The summed E-state index contributed by atoms with van der Waals surface area (Å²) in [6.45, 7) is 2.65. The van der Waals surface area contributed by atoms with Crippen molar-refractivity contribution in [3.63, 3.8) is 0 Å². The van der Waals surface area contributed by atoms with Gasteiger partial charge in [-0.1, -0.05) is 18.2 Å². The van der Waals surface area contributed by atoms with E-state index in [1.165, 1.54) is 0 Å². The maximum absolute atomic E-state index is 12.7. The topological polar surface area (TPSA) is 37.3 Å².